The Labute approximate surface area is 104 Å². The Kier molecular flexibility index (Phi) is 2.28. The highest BCUT2D eigenvalue weighted by Crippen LogP contribution is 2.62. The summed E-state index contributed by atoms with van der Waals surface area (Å²) < 4.78 is 1.25. The van der Waals surface area contributed by atoms with Crippen LogP contribution in [-0.4, -0.2) is 18.0 Å². The lowest BCUT2D eigenvalue weighted by Gasteiger charge is -2.20. The van der Waals surface area contributed by atoms with Gasteiger partial charge in [-0.3, -0.25) is 4.90 Å². The molecule has 3 heteroatoms. The first-order valence-corrected chi connectivity index (χ1v) is 7.15. The number of likely N-dealkylation sites (tertiary alicyclic amines) is 1. The Morgan fingerprint density at radius 3 is 2.60 bits per heavy atom. The van der Waals surface area contributed by atoms with Crippen molar-refractivity contribution in [2.24, 2.45) is 17.3 Å². The molecule has 3 rings (SSSR count). The van der Waals surface area contributed by atoms with E-state index in [0.29, 0.717) is 5.41 Å². The van der Waals surface area contributed by atoms with Crippen LogP contribution >= 0.6 is 27.3 Å². The van der Waals surface area contributed by atoms with Gasteiger partial charge in [-0.1, -0.05) is 13.8 Å². The molecule has 0 aromatic carbocycles. The molecule has 1 aromatic rings. The Balaban J connectivity index is 1.60. The highest BCUT2D eigenvalue weighted by Gasteiger charge is 2.61. The predicted molar refractivity (Wildman–Crippen MR) is 68.1 cm³/mol. The molecule has 0 radical (unpaired) electrons. The quantitative estimate of drug-likeness (QED) is 0.803. The first-order chi connectivity index (χ1) is 7.07. The first-order valence-electron chi connectivity index (χ1n) is 5.54. The van der Waals surface area contributed by atoms with Gasteiger partial charge >= 0.3 is 0 Å². The highest BCUT2D eigenvalue weighted by atomic mass is 79.9. The van der Waals surface area contributed by atoms with Crippen molar-refractivity contribution >= 4 is 27.3 Å². The lowest BCUT2D eigenvalue weighted by atomic mass is 10.1. The molecule has 2 atom stereocenters. The van der Waals surface area contributed by atoms with Gasteiger partial charge in [0.05, 0.1) is 3.79 Å². The summed E-state index contributed by atoms with van der Waals surface area (Å²) in [7, 11) is 0. The molecule has 1 nitrogen and oxygen atoms in total. The minimum absolute atomic E-state index is 0.645. The number of rotatable bonds is 2. The van der Waals surface area contributed by atoms with Gasteiger partial charge in [0.2, 0.25) is 0 Å². The van der Waals surface area contributed by atoms with Crippen LogP contribution in [0.4, 0.5) is 0 Å². The van der Waals surface area contributed by atoms with E-state index in [0.717, 1.165) is 18.4 Å². The number of piperidine rings is 1. The molecular formula is C12H16BrNS. The minimum atomic E-state index is 0.645. The van der Waals surface area contributed by atoms with Gasteiger partial charge in [0.1, 0.15) is 0 Å². The molecule has 0 amide bonds. The molecule has 0 N–H and O–H groups in total. The van der Waals surface area contributed by atoms with E-state index in [1.807, 2.05) is 11.3 Å². The molecule has 0 bridgehead atoms. The van der Waals surface area contributed by atoms with Crippen molar-refractivity contribution in [3.63, 3.8) is 0 Å². The maximum Gasteiger partial charge on any atom is 0.0701 e. The van der Waals surface area contributed by atoms with Crippen molar-refractivity contribution in [1.82, 2.24) is 4.90 Å². The summed E-state index contributed by atoms with van der Waals surface area (Å²) in [5, 5.41) is 0. The van der Waals surface area contributed by atoms with Crippen molar-refractivity contribution in [1.29, 1.82) is 0 Å². The van der Waals surface area contributed by atoms with Crippen LogP contribution in [0.2, 0.25) is 0 Å². The summed E-state index contributed by atoms with van der Waals surface area (Å²) in [6.07, 6.45) is 0. The first kappa shape index (κ1) is 10.3. The molecule has 2 unspecified atom stereocenters. The number of hydrogen-bond acceptors (Lipinski definition) is 2. The van der Waals surface area contributed by atoms with Crippen molar-refractivity contribution in [3.8, 4) is 0 Å². The van der Waals surface area contributed by atoms with Gasteiger partial charge in [0.25, 0.3) is 0 Å². The molecule has 1 saturated heterocycles. The summed E-state index contributed by atoms with van der Waals surface area (Å²) in [5.74, 6) is 1.95. The summed E-state index contributed by atoms with van der Waals surface area (Å²) >= 11 is 5.39. The zero-order chi connectivity index (χ0) is 10.6. The minimum Gasteiger partial charge on any atom is -0.298 e. The maximum atomic E-state index is 3.52. The van der Waals surface area contributed by atoms with Gasteiger partial charge in [-0.05, 0) is 45.3 Å². The third-order valence-electron chi connectivity index (χ3n) is 4.21. The van der Waals surface area contributed by atoms with Crippen LogP contribution in [0.15, 0.2) is 15.9 Å². The van der Waals surface area contributed by atoms with E-state index < -0.39 is 0 Å². The molecule has 15 heavy (non-hydrogen) atoms. The highest BCUT2D eigenvalue weighted by molar-refractivity contribution is 9.11. The van der Waals surface area contributed by atoms with Gasteiger partial charge in [-0.15, -0.1) is 11.3 Å². The number of nitrogens with zero attached hydrogens (tertiary/aromatic N) is 1. The smallest absolute Gasteiger partial charge is 0.0701 e. The summed E-state index contributed by atoms with van der Waals surface area (Å²) in [5.41, 5.74) is 0.645. The number of fused-ring (bicyclic) bond motifs is 1. The van der Waals surface area contributed by atoms with Crippen molar-refractivity contribution in [2.75, 3.05) is 13.1 Å². The molecule has 2 aliphatic rings. The fourth-order valence-electron chi connectivity index (χ4n) is 3.00. The van der Waals surface area contributed by atoms with Crippen LogP contribution < -0.4 is 0 Å². The molecule has 1 aliphatic heterocycles. The molecule has 82 valence electrons. The van der Waals surface area contributed by atoms with Crippen LogP contribution in [0, 0.1) is 17.3 Å². The zero-order valence-corrected chi connectivity index (χ0v) is 11.6. The second-order valence-electron chi connectivity index (χ2n) is 5.43. The third-order valence-corrected chi connectivity index (χ3v) is 5.81. The Morgan fingerprint density at radius 1 is 1.40 bits per heavy atom. The molecule has 1 aliphatic carbocycles. The molecule has 0 spiro atoms. The Bertz CT molecular complexity index is 371. The average molecular weight is 286 g/mol. The summed E-state index contributed by atoms with van der Waals surface area (Å²) in [6.45, 7) is 8.61. The topological polar surface area (TPSA) is 3.24 Å². The lowest BCUT2D eigenvalue weighted by molar-refractivity contribution is 0.253. The van der Waals surface area contributed by atoms with Gasteiger partial charge in [0, 0.05) is 24.5 Å². The van der Waals surface area contributed by atoms with Crippen LogP contribution in [-0.2, 0) is 6.54 Å². The Hall–Kier alpha value is 0.140. The number of thiophene rings is 1. The fourth-order valence-corrected chi connectivity index (χ4v) is 4.53. The summed E-state index contributed by atoms with van der Waals surface area (Å²) in [6, 6.07) is 4.39. The largest absolute Gasteiger partial charge is 0.298 e. The van der Waals surface area contributed by atoms with Crippen molar-refractivity contribution in [2.45, 2.75) is 20.4 Å². The van der Waals surface area contributed by atoms with E-state index >= 15 is 0 Å². The SMILES string of the molecule is CC1(C)C2CN(Cc3ccc(Br)s3)CC21. The zero-order valence-electron chi connectivity index (χ0n) is 9.16. The van der Waals surface area contributed by atoms with Gasteiger partial charge in [-0.25, -0.2) is 0 Å². The van der Waals surface area contributed by atoms with Crippen molar-refractivity contribution < 1.29 is 0 Å². The van der Waals surface area contributed by atoms with Gasteiger partial charge in [0.15, 0.2) is 0 Å². The van der Waals surface area contributed by atoms with Crippen molar-refractivity contribution in [3.05, 3.63) is 20.8 Å². The standard InChI is InChI=1S/C12H16BrNS/c1-12(2)9-6-14(7-10(9)12)5-8-3-4-11(13)15-8/h3-4,9-10H,5-7H2,1-2H3. The molecule has 2 heterocycles. The summed E-state index contributed by atoms with van der Waals surface area (Å²) in [4.78, 5) is 4.10. The van der Waals surface area contributed by atoms with Gasteiger partial charge in [-0.2, -0.15) is 0 Å². The fraction of sp³-hybridized carbons (Fsp3) is 0.667. The normalized spacial score (nSPS) is 33.0. The van der Waals surface area contributed by atoms with E-state index in [4.69, 9.17) is 0 Å². The van der Waals surface area contributed by atoms with E-state index in [9.17, 15) is 0 Å². The predicted octanol–water partition coefficient (Wildman–Crippen LogP) is 3.60. The molecule has 1 aromatic heterocycles. The Morgan fingerprint density at radius 2 is 2.07 bits per heavy atom. The van der Waals surface area contributed by atoms with Gasteiger partial charge < -0.3 is 0 Å². The van der Waals surface area contributed by atoms with E-state index in [1.54, 1.807) is 0 Å². The number of hydrogen-bond donors (Lipinski definition) is 0. The second kappa shape index (κ2) is 3.31. The molecular weight excluding hydrogens is 270 g/mol. The monoisotopic (exact) mass is 285 g/mol. The maximum absolute atomic E-state index is 3.52. The van der Waals surface area contributed by atoms with Crippen LogP contribution in [0.3, 0.4) is 0 Å². The average Bonchev–Trinajstić information content (AvgIpc) is 2.64. The van der Waals surface area contributed by atoms with Crippen LogP contribution in [0.1, 0.15) is 18.7 Å². The van der Waals surface area contributed by atoms with Crippen LogP contribution in [0.25, 0.3) is 0 Å². The number of halogens is 1. The van der Waals surface area contributed by atoms with E-state index in [1.165, 1.54) is 21.8 Å². The molecule has 1 saturated carbocycles. The van der Waals surface area contributed by atoms with E-state index in [-0.39, 0.29) is 0 Å². The third kappa shape index (κ3) is 1.69. The van der Waals surface area contributed by atoms with Crippen LogP contribution in [0.5, 0.6) is 0 Å². The molecule has 2 fully saturated rings. The second-order valence-corrected chi connectivity index (χ2v) is 7.98. The van der Waals surface area contributed by atoms with E-state index in [2.05, 4.69) is 46.8 Å². The lowest BCUT2D eigenvalue weighted by Crippen LogP contribution is -2.25.